The number of carbonyl (C=O) groups excluding carboxylic acids is 1. The Kier molecular flexibility index (Phi) is 6.45. The Morgan fingerprint density at radius 3 is 2.41 bits per heavy atom. The molecule has 0 saturated carbocycles. The molecular formula is C19H16F2N2O4S2. The van der Waals surface area contributed by atoms with Crippen LogP contribution in [0.15, 0.2) is 70.3 Å². The van der Waals surface area contributed by atoms with Crippen LogP contribution in [0.5, 0.6) is 5.75 Å². The molecule has 0 saturated heterocycles. The first-order valence-corrected chi connectivity index (χ1v) is 10.7. The lowest BCUT2D eigenvalue weighted by atomic mass is 10.1. The number of ether oxygens (including phenoxy) is 1. The maximum absolute atomic E-state index is 12.5. The first-order chi connectivity index (χ1) is 13.8. The molecule has 0 spiro atoms. The van der Waals surface area contributed by atoms with E-state index in [-0.39, 0.29) is 22.1 Å². The Bertz CT molecular complexity index is 1070. The fourth-order valence-corrected chi connectivity index (χ4v) is 4.50. The molecule has 0 fully saturated rings. The summed E-state index contributed by atoms with van der Waals surface area (Å²) in [5, 5.41) is 4.28. The van der Waals surface area contributed by atoms with Crippen LogP contribution in [0.4, 0.5) is 14.5 Å². The topological polar surface area (TPSA) is 84.5 Å². The number of carbonyl (C=O) groups is 1. The summed E-state index contributed by atoms with van der Waals surface area (Å²) in [7, 11) is -3.67. The minimum absolute atomic E-state index is 0.00547. The van der Waals surface area contributed by atoms with Gasteiger partial charge in [-0.15, -0.1) is 11.3 Å². The third-order valence-electron chi connectivity index (χ3n) is 3.79. The maximum Gasteiger partial charge on any atom is 0.387 e. The zero-order valence-electron chi connectivity index (χ0n) is 14.8. The Labute approximate surface area is 170 Å². The highest BCUT2D eigenvalue weighted by molar-refractivity contribution is 7.94. The average molecular weight is 438 g/mol. The van der Waals surface area contributed by atoms with E-state index in [9.17, 15) is 22.0 Å². The van der Waals surface area contributed by atoms with Crippen molar-refractivity contribution in [2.75, 3.05) is 4.72 Å². The Morgan fingerprint density at radius 1 is 1.03 bits per heavy atom. The van der Waals surface area contributed by atoms with Crippen LogP contribution in [0.2, 0.25) is 0 Å². The van der Waals surface area contributed by atoms with Gasteiger partial charge in [0.1, 0.15) is 9.96 Å². The van der Waals surface area contributed by atoms with Crippen LogP contribution < -0.4 is 14.8 Å². The van der Waals surface area contributed by atoms with Crippen molar-refractivity contribution < 1.29 is 26.7 Å². The van der Waals surface area contributed by atoms with Gasteiger partial charge in [0.2, 0.25) is 0 Å². The smallest absolute Gasteiger partial charge is 0.387 e. The maximum atomic E-state index is 12.5. The molecule has 0 radical (unpaired) electrons. The summed E-state index contributed by atoms with van der Waals surface area (Å²) < 4.78 is 56.4. The summed E-state index contributed by atoms with van der Waals surface area (Å²) in [6.45, 7) is -2.97. The zero-order valence-corrected chi connectivity index (χ0v) is 16.5. The second-order valence-corrected chi connectivity index (χ2v) is 8.64. The number of hydrogen-bond acceptors (Lipinski definition) is 5. The molecule has 3 aromatic rings. The van der Waals surface area contributed by atoms with Crippen LogP contribution in [-0.2, 0) is 16.6 Å². The number of hydrogen-bond donors (Lipinski definition) is 2. The Morgan fingerprint density at radius 2 is 1.76 bits per heavy atom. The van der Waals surface area contributed by atoms with Crippen LogP contribution in [-0.4, -0.2) is 20.9 Å². The molecule has 0 atom stereocenters. The van der Waals surface area contributed by atoms with Crippen LogP contribution in [0.1, 0.15) is 15.9 Å². The normalized spacial score (nSPS) is 11.3. The minimum atomic E-state index is -3.67. The summed E-state index contributed by atoms with van der Waals surface area (Å²) in [6.07, 6.45) is 0. The van der Waals surface area contributed by atoms with E-state index in [2.05, 4.69) is 14.8 Å². The van der Waals surface area contributed by atoms with E-state index >= 15 is 0 Å². The predicted molar refractivity (Wildman–Crippen MR) is 106 cm³/mol. The van der Waals surface area contributed by atoms with E-state index in [1.807, 2.05) is 0 Å². The van der Waals surface area contributed by atoms with Crippen LogP contribution in [0.25, 0.3) is 0 Å². The second-order valence-electron chi connectivity index (χ2n) is 5.78. The monoisotopic (exact) mass is 438 g/mol. The number of halogens is 2. The van der Waals surface area contributed by atoms with Gasteiger partial charge in [-0.1, -0.05) is 24.3 Å². The molecule has 0 aliphatic heterocycles. The molecule has 10 heteroatoms. The van der Waals surface area contributed by atoms with Gasteiger partial charge >= 0.3 is 6.61 Å². The van der Waals surface area contributed by atoms with E-state index in [1.54, 1.807) is 29.6 Å². The Balaban J connectivity index is 1.63. The highest BCUT2D eigenvalue weighted by Crippen LogP contribution is 2.21. The van der Waals surface area contributed by atoms with Gasteiger partial charge in [0, 0.05) is 23.4 Å². The van der Waals surface area contributed by atoms with Crippen LogP contribution >= 0.6 is 11.3 Å². The molecule has 0 aliphatic rings. The van der Waals surface area contributed by atoms with Gasteiger partial charge in [-0.2, -0.15) is 8.78 Å². The third-order valence-corrected chi connectivity index (χ3v) is 6.57. The minimum Gasteiger partial charge on any atom is -0.434 e. The molecule has 0 aliphatic carbocycles. The fourth-order valence-electron chi connectivity index (χ4n) is 2.45. The van der Waals surface area contributed by atoms with Gasteiger partial charge in [-0.25, -0.2) is 8.42 Å². The number of anilines is 1. The van der Waals surface area contributed by atoms with E-state index < -0.39 is 22.5 Å². The van der Waals surface area contributed by atoms with Gasteiger partial charge in [0.05, 0.1) is 0 Å². The summed E-state index contributed by atoms with van der Waals surface area (Å²) >= 11 is 1.09. The van der Waals surface area contributed by atoms with Crippen molar-refractivity contribution in [3.8, 4) is 5.75 Å². The SMILES string of the molecule is O=C(NCc1ccccc1OC(F)F)c1ccc(NS(=O)(=O)c2cccs2)cc1. The number of sulfonamides is 1. The second kappa shape index (κ2) is 9.01. The Hall–Kier alpha value is -2.98. The van der Waals surface area contributed by atoms with Gasteiger partial charge < -0.3 is 10.1 Å². The van der Waals surface area contributed by atoms with Gasteiger partial charge in [0.15, 0.2) is 0 Å². The number of nitrogens with one attached hydrogen (secondary N) is 2. The summed E-state index contributed by atoms with van der Waals surface area (Å²) in [6, 6.07) is 15.1. The van der Waals surface area contributed by atoms with Crippen molar-refractivity contribution in [1.82, 2.24) is 5.32 Å². The number of amides is 1. The predicted octanol–water partition coefficient (Wildman–Crippen LogP) is 4.08. The lowest BCUT2D eigenvalue weighted by Gasteiger charge is -2.12. The number of rotatable bonds is 8. The molecule has 3 rings (SSSR count). The van der Waals surface area contributed by atoms with Crippen molar-refractivity contribution >= 4 is 33.0 Å². The molecule has 0 unspecified atom stereocenters. The number of para-hydroxylation sites is 1. The number of benzene rings is 2. The van der Waals surface area contributed by atoms with E-state index in [0.717, 1.165) is 11.3 Å². The van der Waals surface area contributed by atoms with Crippen molar-refractivity contribution in [2.45, 2.75) is 17.4 Å². The van der Waals surface area contributed by atoms with Crippen molar-refractivity contribution in [3.63, 3.8) is 0 Å². The van der Waals surface area contributed by atoms with E-state index in [4.69, 9.17) is 0 Å². The molecule has 6 nitrogen and oxygen atoms in total. The molecular weight excluding hydrogens is 422 g/mol. The summed E-state index contributed by atoms with van der Waals surface area (Å²) in [4.78, 5) is 12.3. The van der Waals surface area contributed by atoms with Crippen LogP contribution in [0.3, 0.4) is 0 Å². The molecule has 2 N–H and O–H groups in total. The molecule has 2 aromatic carbocycles. The highest BCUT2D eigenvalue weighted by Gasteiger charge is 2.16. The molecule has 29 heavy (non-hydrogen) atoms. The summed E-state index contributed by atoms with van der Waals surface area (Å²) in [5.74, 6) is -0.453. The lowest BCUT2D eigenvalue weighted by Crippen LogP contribution is -2.23. The van der Waals surface area contributed by atoms with Crippen molar-refractivity contribution in [3.05, 3.63) is 77.2 Å². The number of alkyl halides is 2. The standard InChI is InChI=1S/C19H16F2N2O4S2/c20-19(21)27-16-5-2-1-4-14(16)12-22-18(24)13-7-9-15(10-8-13)23-29(25,26)17-6-3-11-28-17/h1-11,19,23H,12H2,(H,22,24). The molecule has 152 valence electrons. The molecule has 1 heterocycles. The van der Waals surface area contributed by atoms with Crippen molar-refractivity contribution in [1.29, 1.82) is 0 Å². The molecule has 0 bridgehead atoms. The van der Waals surface area contributed by atoms with Crippen molar-refractivity contribution in [2.24, 2.45) is 0 Å². The first-order valence-electron chi connectivity index (χ1n) is 8.32. The van der Waals surface area contributed by atoms with Crippen LogP contribution in [0, 0.1) is 0 Å². The first kappa shape index (κ1) is 20.7. The van der Waals surface area contributed by atoms with Gasteiger partial charge in [0.25, 0.3) is 15.9 Å². The van der Waals surface area contributed by atoms with E-state index in [0.29, 0.717) is 11.3 Å². The fraction of sp³-hybridized carbons (Fsp3) is 0.105. The van der Waals surface area contributed by atoms with Gasteiger partial charge in [-0.05, 0) is 41.8 Å². The third kappa shape index (κ3) is 5.52. The zero-order chi connectivity index (χ0) is 20.9. The lowest BCUT2D eigenvalue weighted by molar-refractivity contribution is -0.0504. The largest absolute Gasteiger partial charge is 0.434 e. The number of thiophene rings is 1. The average Bonchev–Trinajstić information content (AvgIpc) is 3.23. The quantitative estimate of drug-likeness (QED) is 0.555. The highest BCUT2D eigenvalue weighted by atomic mass is 32.2. The summed E-state index contributed by atoms with van der Waals surface area (Å²) in [5.41, 5.74) is 1.00. The van der Waals surface area contributed by atoms with Gasteiger partial charge in [-0.3, -0.25) is 9.52 Å². The molecule has 1 amide bonds. The van der Waals surface area contributed by atoms with E-state index in [1.165, 1.54) is 36.4 Å². The molecule has 1 aromatic heterocycles.